The Labute approximate surface area is 423 Å². The smallest absolute Gasteiger partial charge is 0.292 e. The number of amides is 8. The van der Waals surface area contributed by atoms with Gasteiger partial charge in [0.2, 0.25) is 23.5 Å². The monoisotopic (exact) mass is 1020 g/mol. The Morgan fingerprint density at radius 3 is 1.45 bits per heavy atom. The van der Waals surface area contributed by atoms with Crippen LogP contribution >= 0.6 is 0 Å². The van der Waals surface area contributed by atoms with E-state index in [1.54, 1.807) is 41.4 Å². The third kappa shape index (κ3) is 14.0. The average Bonchev–Trinajstić information content (AvgIpc) is 4.19. The molecule has 8 N–H and O–H groups in total. The Morgan fingerprint density at radius 2 is 0.919 bits per heavy atom. The molecule has 0 unspecified atom stereocenters. The highest BCUT2D eigenvalue weighted by molar-refractivity contribution is 6.07. The molecule has 0 radical (unpaired) electrons. The first-order chi connectivity index (χ1) is 35.1. The lowest BCUT2D eigenvalue weighted by atomic mass is 10.2. The van der Waals surface area contributed by atoms with Crippen molar-refractivity contribution in [3.8, 4) is 0 Å². The van der Waals surface area contributed by atoms with Crippen LogP contribution in [0, 0.1) is 10.1 Å². The first-order valence-electron chi connectivity index (χ1n) is 23.0. The van der Waals surface area contributed by atoms with Gasteiger partial charge in [0.1, 0.15) is 22.8 Å². The Balaban J connectivity index is 0.933. The Bertz CT molecular complexity index is 3130. The predicted octanol–water partition coefficient (Wildman–Crippen LogP) is 1.76. The molecule has 0 aromatic carbocycles. The number of aryl methyl sites for hydroxylation is 6. The molecule has 0 aliphatic carbocycles. The number of aromatic nitrogens is 8. The maximum atomic E-state index is 13.3. The maximum absolute atomic E-state index is 13.3. The molecular weight excluding hydrogens is 965 g/mol. The van der Waals surface area contributed by atoms with Crippen LogP contribution in [0.4, 0.5) is 34.4 Å². The zero-order valence-corrected chi connectivity index (χ0v) is 42.0. The van der Waals surface area contributed by atoms with Gasteiger partial charge in [0, 0.05) is 112 Å². The molecule has 0 aliphatic rings. The number of nitrogens with one attached hydrogen (secondary N) is 8. The maximum Gasteiger partial charge on any atom is 0.292 e. The van der Waals surface area contributed by atoms with Crippen molar-refractivity contribution in [2.75, 3.05) is 66.9 Å². The van der Waals surface area contributed by atoms with Gasteiger partial charge in [0.05, 0.1) is 28.2 Å². The van der Waals surface area contributed by atoms with Crippen LogP contribution in [0.1, 0.15) is 88.9 Å². The quantitative estimate of drug-likeness (QED) is 0.0258. The number of hydrogen-bond acceptors (Lipinski definition) is 13. The van der Waals surface area contributed by atoms with Gasteiger partial charge < -0.3 is 74.8 Å². The molecule has 0 aliphatic heterocycles. The first kappa shape index (κ1) is 54.0. The van der Waals surface area contributed by atoms with Gasteiger partial charge in [0.25, 0.3) is 41.1 Å². The van der Waals surface area contributed by atoms with Crippen molar-refractivity contribution < 1.29 is 43.3 Å². The van der Waals surface area contributed by atoms with Gasteiger partial charge in [-0.2, -0.15) is 0 Å². The summed E-state index contributed by atoms with van der Waals surface area (Å²) in [5.74, 6) is -4.04. The molecule has 0 saturated heterocycles. The van der Waals surface area contributed by atoms with Crippen molar-refractivity contribution in [3.05, 3.63) is 106 Å². The van der Waals surface area contributed by atoms with Crippen LogP contribution in [0.2, 0.25) is 0 Å². The van der Waals surface area contributed by atoms with Gasteiger partial charge in [-0.25, -0.2) is 9.97 Å². The second kappa shape index (κ2) is 23.7. The number of hydrogen-bond donors (Lipinski definition) is 8. The summed E-state index contributed by atoms with van der Waals surface area (Å²) in [7, 11) is 13.3. The summed E-state index contributed by atoms with van der Waals surface area (Å²) < 4.78 is 8.62. The number of anilines is 5. The first-order valence-corrected chi connectivity index (χ1v) is 23.0. The molecule has 392 valence electrons. The molecule has 0 spiro atoms. The van der Waals surface area contributed by atoms with Crippen molar-refractivity contribution in [1.82, 2.24) is 58.2 Å². The molecule has 6 aromatic heterocycles. The second-order valence-electron chi connectivity index (χ2n) is 17.5. The number of imidazole rings is 2. The Hall–Kier alpha value is -9.34. The van der Waals surface area contributed by atoms with Crippen LogP contribution in [0.5, 0.6) is 0 Å². The minimum Gasteiger partial charge on any atom is -0.356 e. The van der Waals surface area contributed by atoms with E-state index < -0.39 is 40.4 Å². The zero-order chi connectivity index (χ0) is 54.0. The molecule has 6 heterocycles. The lowest BCUT2D eigenvalue weighted by molar-refractivity contribution is -0.384. The highest BCUT2D eigenvalue weighted by Gasteiger charge is 2.23. The minimum absolute atomic E-state index is 0.0265. The summed E-state index contributed by atoms with van der Waals surface area (Å²) in [5.41, 5.74) is 1.38. The molecule has 6 aromatic rings. The van der Waals surface area contributed by atoms with Crippen molar-refractivity contribution in [2.45, 2.75) is 25.7 Å². The van der Waals surface area contributed by atoms with E-state index in [-0.39, 0.29) is 95.9 Å². The van der Waals surface area contributed by atoms with Crippen LogP contribution in [0.3, 0.4) is 0 Å². The predicted molar refractivity (Wildman–Crippen MR) is 270 cm³/mol. The summed E-state index contributed by atoms with van der Waals surface area (Å²) in [6.07, 6.45) is 9.87. The SMILES string of the molecule is CN(C)CCCNC(=O)CCNC(=O)c1cc(NC(=O)c2nc(NC(=O)c3nc(NC(=O)c4cc(NC(=O)CCCNC(=O)c5cc(NC(=O)c6cc([N+](=O)[O-])cn6C)cn5C)cn4C)cn3C)cn2C)cn1C. The standard InChI is InChI=1S/C46H58N18O10/c1-57(2)16-10-14-47-37(65)12-15-49-42(68)32-19-29(23-59(32)4)52-45(71)39-54-36(26-62(39)7)56-46(72)40-53-35(25-63(40)8)55-44(70)33-17-27(21-60(33)5)50-38(66)11-9-13-48-41(67)31-18-28(22-58(31)3)51-43(69)34-20-30(64(73)74)24-61(34)6/h17-26H,9-16H2,1-8H3,(H,47,65)(H,48,67)(H,49,68)(H,50,66)(H,51,69)(H,52,71)(H,55,70)(H,56,72). The lowest BCUT2D eigenvalue weighted by Gasteiger charge is -2.10. The normalized spacial score (nSPS) is 11.0. The summed E-state index contributed by atoms with van der Waals surface area (Å²) in [5, 5.41) is 32.6. The van der Waals surface area contributed by atoms with E-state index in [4.69, 9.17) is 0 Å². The van der Waals surface area contributed by atoms with Crippen molar-refractivity contribution in [1.29, 1.82) is 0 Å². The number of nitro groups is 1. The lowest BCUT2D eigenvalue weighted by Crippen LogP contribution is -2.32. The molecule has 0 bridgehead atoms. The van der Waals surface area contributed by atoms with Crippen LogP contribution in [0.15, 0.2) is 61.4 Å². The van der Waals surface area contributed by atoms with Crippen LogP contribution < -0.4 is 42.5 Å². The summed E-state index contributed by atoms with van der Waals surface area (Å²) in [6, 6.07) is 5.53. The number of nitrogens with zero attached hydrogens (tertiary/aromatic N) is 10. The molecule has 0 saturated carbocycles. The van der Waals surface area contributed by atoms with Crippen LogP contribution in [-0.4, -0.2) is 135 Å². The molecule has 8 amide bonds. The van der Waals surface area contributed by atoms with E-state index in [2.05, 4.69) is 52.5 Å². The minimum atomic E-state index is -0.696. The molecule has 28 nitrogen and oxygen atoms in total. The molecule has 6 rings (SSSR count). The fourth-order valence-corrected chi connectivity index (χ4v) is 7.51. The van der Waals surface area contributed by atoms with Crippen molar-refractivity contribution in [3.63, 3.8) is 0 Å². The third-order valence-corrected chi connectivity index (χ3v) is 11.2. The topological polar surface area (TPSA) is 335 Å². The number of rotatable bonds is 23. The van der Waals surface area contributed by atoms with Crippen molar-refractivity contribution in [2.24, 2.45) is 42.3 Å². The van der Waals surface area contributed by atoms with E-state index in [0.29, 0.717) is 23.6 Å². The van der Waals surface area contributed by atoms with Crippen LogP contribution in [-0.2, 0) is 51.9 Å². The molecule has 0 fully saturated rings. The third-order valence-electron chi connectivity index (χ3n) is 11.2. The number of carbonyl (C=O) groups is 8. The summed E-state index contributed by atoms with van der Waals surface area (Å²) in [4.78, 5) is 124. The second-order valence-corrected chi connectivity index (χ2v) is 17.5. The van der Waals surface area contributed by atoms with E-state index in [0.717, 1.165) is 19.0 Å². The van der Waals surface area contributed by atoms with Gasteiger partial charge in [-0.05, 0) is 51.7 Å². The Kier molecular flexibility index (Phi) is 17.3. The highest BCUT2D eigenvalue weighted by Crippen LogP contribution is 2.21. The fraction of sp³-hybridized carbons (Fsp3) is 0.348. The van der Waals surface area contributed by atoms with E-state index >= 15 is 0 Å². The molecule has 28 heteroatoms. The van der Waals surface area contributed by atoms with E-state index in [1.165, 1.54) is 83.6 Å². The summed E-state index contributed by atoms with van der Waals surface area (Å²) >= 11 is 0. The van der Waals surface area contributed by atoms with Crippen molar-refractivity contribution >= 4 is 81.6 Å². The van der Waals surface area contributed by atoms with Gasteiger partial charge in [-0.15, -0.1) is 0 Å². The molecule has 0 atom stereocenters. The fourth-order valence-electron chi connectivity index (χ4n) is 7.51. The van der Waals surface area contributed by atoms with E-state index in [1.807, 2.05) is 19.0 Å². The zero-order valence-electron chi connectivity index (χ0n) is 42.0. The highest BCUT2D eigenvalue weighted by atomic mass is 16.6. The number of carbonyl (C=O) groups excluding carboxylic acids is 8. The summed E-state index contributed by atoms with van der Waals surface area (Å²) in [6.45, 7) is 1.64. The average molecular weight is 1020 g/mol. The van der Waals surface area contributed by atoms with Gasteiger partial charge in [-0.3, -0.25) is 48.5 Å². The Morgan fingerprint density at radius 1 is 0.486 bits per heavy atom. The van der Waals surface area contributed by atoms with E-state index in [9.17, 15) is 48.5 Å². The largest absolute Gasteiger partial charge is 0.356 e. The molecule has 74 heavy (non-hydrogen) atoms. The van der Waals surface area contributed by atoms with Gasteiger partial charge in [0.15, 0.2) is 11.6 Å². The molecular formula is C46H58N18O10. The van der Waals surface area contributed by atoms with Gasteiger partial charge >= 0.3 is 0 Å². The van der Waals surface area contributed by atoms with Crippen LogP contribution in [0.25, 0.3) is 0 Å². The van der Waals surface area contributed by atoms with Gasteiger partial charge in [-0.1, -0.05) is 0 Å².